The van der Waals surface area contributed by atoms with E-state index in [1.165, 1.54) is 4.57 Å². The van der Waals surface area contributed by atoms with Crippen LogP contribution in [0.1, 0.15) is 28.5 Å². The Balaban J connectivity index is 2.14. The smallest absolute Gasteiger partial charge is 0.267 e. The van der Waals surface area contributed by atoms with Gasteiger partial charge in [-0.1, -0.05) is 12.1 Å². The lowest BCUT2D eigenvalue weighted by Gasteiger charge is -2.13. The molecule has 128 valence electrons. The Morgan fingerprint density at radius 1 is 1.24 bits per heavy atom. The minimum Gasteiger partial charge on any atom is -0.506 e. The largest absolute Gasteiger partial charge is 0.506 e. The summed E-state index contributed by atoms with van der Waals surface area (Å²) < 4.78 is 1.47. The van der Waals surface area contributed by atoms with Crippen LogP contribution in [0.4, 0.5) is 5.82 Å². The van der Waals surface area contributed by atoms with Gasteiger partial charge >= 0.3 is 0 Å². The van der Waals surface area contributed by atoms with Gasteiger partial charge in [0.2, 0.25) is 0 Å². The number of nitrogens with zero attached hydrogens (tertiary/aromatic N) is 2. The van der Waals surface area contributed by atoms with Crippen molar-refractivity contribution < 1.29 is 9.90 Å². The van der Waals surface area contributed by atoms with E-state index < -0.39 is 11.5 Å². The molecule has 1 aromatic carbocycles. The Labute approximate surface area is 144 Å². The van der Waals surface area contributed by atoms with Crippen LogP contribution in [0.3, 0.4) is 0 Å². The number of nitrogens with one attached hydrogen (secondary N) is 1. The number of carbonyl (C=O) groups excluding carboxylic acids is 1. The van der Waals surface area contributed by atoms with Gasteiger partial charge in [0, 0.05) is 17.6 Å². The first-order chi connectivity index (χ1) is 11.9. The zero-order chi connectivity index (χ0) is 18.1. The Kier molecular flexibility index (Phi) is 4.27. The number of anilines is 1. The van der Waals surface area contributed by atoms with Gasteiger partial charge in [-0.15, -0.1) is 0 Å². The van der Waals surface area contributed by atoms with Gasteiger partial charge in [0.15, 0.2) is 0 Å². The highest BCUT2D eigenvalue weighted by molar-refractivity contribution is 6.08. The summed E-state index contributed by atoms with van der Waals surface area (Å²) >= 11 is 0. The van der Waals surface area contributed by atoms with E-state index in [2.05, 4.69) is 10.3 Å². The summed E-state index contributed by atoms with van der Waals surface area (Å²) in [6.07, 6.45) is 0. The van der Waals surface area contributed by atoms with Crippen molar-refractivity contribution in [1.29, 1.82) is 0 Å². The predicted molar refractivity (Wildman–Crippen MR) is 97.2 cm³/mol. The summed E-state index contributed by atoms with van der Waals surface area (Å²) in [6.45, 7) is 5.92. The van der Waals surface area contributed by atoms with Gasteiger partial charge in [-0.05, 0) is 50.6 Å². The van der Waals surface area contributed by atoms with E-state index in [9.17, 15) is 14.7 Å². The minimum absolute atomic E-state index is 0.276. The number of aromatic hydroxyl groups is 1. The summed E-state index contributed by atoms with van der Waals surface area (Å²) in [5.74, 6) is -0.641. The van der Waals surface area contributed by atoms with Gasteiger partial charge < -0.3 is 15.0 Å². The molecule has 3 rings (SSSR count). The standard InChI is InChI=1S/C19H19N3O3/c1-4-22-14-8-6-5-7-13(14)17(23)16(19(22)25)18(24)21-15-10-11(2)9-12(3)20-15/h5-10,23H,4H2,1-3H3,(H,20,21,24). The molecule has 0 aliphatic heterocycles. The number of hydrogen-bond acceptors (Lipinski definition) is 4. The van der Waals surface area contributed by atoms with Gasteiger partial charge in [0.1, 0.15) is 17.1 Å². The number of pyridine rings is 2. The summed E-state index contributed by atoms with van der Waals surface area (Å²) in [5.41, 5.74) is 1.48. The predicted octanol–water partition coefficient (Wildman–Crippen LogP) is 2.99. The van der Waals surface area contributed by atoms with E-state index in [1.807, 2.05) is 26.8 Å². The van der Waals surface area contributed by atoms with Gasteiger partial charge in [-0.25, -0.2) is 4.98 Å². The van der Waals surface area contributed by atoms with Crippen LogP contribution >= 0.6 is 0 Å². The molecule has 25 heavy (non-hydrogen) atoms. The number of aryl methyl sites for hydroxylation is 3. The third-order valence-corrected chi connectivity index (χ3v) is 4.03. The van der Waals surface area contributed by atoms with Crippen LogP contribution in [0, 0.1) is 13.8 Å². The Morgan fingerprint density at radius 2 is 1.96 bits per heavy atom. The molecule has 0 unspecified atom stereocenters. The number of aromatic nitrogens is 2. The fourth-order valence-corrected chi connectivity index (χ4v) is 2.99. The first kappa shape index (κ1) is 16.7. The van der Waals surface area contributed by atoms with Crippen molar-refractivity contribution in [3.05, 3.63) is 63.6 Å². The van der Waals surface area contributed by atoms with E-state index in [1.54, 1.807) is 30.3 Å². The van der Waals surface area contributed by atoms with Crippen LogP contribution in [0.15, 0.2) is 41.2 Å². The minimum atomic E-state index is -0.673. The maximum absolute atomic E-state index is 12.7. The number of fused-ring (bicyclic) bond motifs is 1. The molecule has 6 nitrogen and oxygen atoms in total. The van der Waals surface area contributed by atoms with Gasteiger partial charge in [-0.2, -0.15) is 0 Å². The van der Waals surface area contributed by atoms with Crippen LogP contribution in [-0.2, 0) is 6.54 Å². The van der Waals surface area contributed by atoms with Crippen molar-refractivity contribution in [2.24, 2.45) is 0 Å². The van der Waals surface area contributed by atoms with Gasteiger partial charge in [0.25, 0.3) is 11.5 Å². The second-order valence-electron chi connectivity index (χ2n) is 5.92. The molecule has 0 aliphatic rings. The van der Waals surface area contributed by atoms with Crippen molar-refractivity contribution in [3.8, 4) is 5.75 Å². The molecule has 0 fully saturated rings. The number of rotatable bonds is 3. The lowest BCUT2D eigenvalue weighted by molar-refractivity contribution is 0.102. The molecule has 0 spiro atoms. The Hall–Kier alpha value is -3.15. The van der Waals surface area contributed by atoms with Crippen molar-refractivity contribution in [1.82, 2.24) is 9.55 Å². The summed E-state index contributed by atoms with van der Waals surface area (Å²) in [4.78, 5) is 29.6. The van der Waals surface area contributed by atoms with Gasteiger partial charge in [-0.3, -0.25) is 9.59 Å². The highest BCUT2D eigenvalue weighted by atomic mass is 16.3. The average Bonchev–Trinajstić information content (AvgIpc) is 2.54. The topological polar surface area (TPSA) is 84.2 Å². The molecule has 0 radical (unpaired) electrons. The monoisotopic (exact) mass is 337 g/mol. The highest BCUT2D eigenvalue weighted by Gasteiger charge is 2.22. The van der Waals surface area contributed by atoms with E-state index in [-0.39, 0.29) is 11.3 Å². The molecular weight excluding hydrogens is 318 g/mol. The number of carbonyl (C=O) groups is 1. The van der Waals surface area contributed by atoms with Crippen molar-refractivity contribution in [3.63, 3.8) is 0 Å². The van der Waals surface area contributed by atoms with Crippen molar-refractivity contribution in [2.75, 3.05) is 5.32 Å². The van der Waals surface area contributed by atoms with Crippen LogP contribution in [0.5, 0.6) is 5.75 Å². The normalized spacial score (nSPS) is 10.8. The Bertz CT molecular complexity index is 1020. The second-order valence-corrected chi connectivity index (χ2v) is 5.92. The number of amides is 1. The molecule has 3 aromatic rings. The number of hydrogen-bond donors (Lipinski definition) is 2. The fraction of sp³-hybridized carbons (Fsp3) is 0.211. The third-order valence-electron chi connectivity index (χ3n) is 4.03. The first-order valence-corrected chi connectivity index (χ1v) is 8.03. The Morgan fingerprint density at radius 3 is 2.64 bits per heavy atom. The molecule has 2 heterocycles. The molecule has 0 aliphatic carbocycles. The van der Waals surface area contributed by atoms with Gasteiger partial charge in [0.05, 0.1) is 5.52 Å². The summed E-state index contributed by atoms with van der Waals surface area (Å²) in [6, 6.07) is 10.6. The SMILES string of the molecule is CCn1c(=O)c(C(=O)Nc2cc(C)cc(C)n2)c(O)c2ccccc21. The maximum atomic E-state index is 12.7. The summed E-state index contributed by atoms with van der Waals surface area (Å²) in [7, 11) is 0. The van der Waals surface area contributed by atoms with Crippen LogP contribution in [0.25, 0.3) is 10.9 Å². The average molecular weight is 337 g/mol. The van der Waals surface area contributed by atoms with E-state index in [0.717, 1.165) is 11.3 Å². The molecule has 2 N–H and O–H groups in total. The molecule has 0 saturated heterocycles. The zero-order valence-corrected chi connectivity index (χ0v) is 14.3. The molecule has 1 amide bonds. The summed E-state index contributed by atoms with van der Waals surface area (Å²) in [5, 5.41) is 13.6. The highest BCUT2D eigenvalue weighted by Crippen LogP contribution is 2.26. The lowest BCUT2D eigenvalue weighted by Crippen LogP contribution is -2.29. The molecule has 2 aromatic heterocycles. The molecular formula is C19H19N3O3. The molecule has 0 atom stereocenters. The second kappa shape index (κ2) is 6.39. The van der Waals surface area contributed by atoms with E-state index >= 15 is 0 Å². The molecule has 6 heteroatoms. The van der Waals surface area contributed by atoms with Crippen LogP contribution in [0.2, 0.25) is 0 Å². The molecule has 0 saturated carbocycles. The first-order valence-electron chi connectivity index (χ1n) is 8.03. The third kappa shape index (κ3) is 2.98. The van der Waals surface area contributed by atoms with Crippen molar-refractivity contribution in [2.45, 2.75) is 27.3 Å². The maximum Gasteiger partial charge on any atom is 0.267 e. The van der Waals surface area contributed by atoms with Crippen LogP contribution in [-0.4, -0.2) is 20.6 Å². The fourth-order valence-electron chi connectivity index (χ4n) is 2.99. The molecule has 0 bridgehead atoms. The quantitative estimate of drug-likeness (QED) is 0.769. The van der Waals surface area contributed by atoms with E-state index in [0.29, 0.717) is 23.3 Å². The zero-order valence-electron chi connectivity index (χ0n) is 14.3. The van der Waals surface area contributed by atoms with Crippen molar-refractivity contribution >= 4 is 22.6 Å². The number of benzene rings is 1. The van der Waals surface area contributed by atoms with Crippen LogP contribution < -0.4 is 10.9 Å². The number of para-hydroxylation sites is 1. The lowest BCUT2D eigenvalue weighted by atomic mass is 10.1. The van der Waals surface area contributed by atoms with E-state index in [4.69, 9.17) is 0 Å².